The number of halogens is 1. The first-order valence-electron chi connectivity index (χ1n) is 4.10. The van der Waals surface area contributed by atoms with Gasteiger partial charge >= 0.3 is 0 Å². The van der Waals surface area contributed by atoms with Crippen LogP contribution in [-0.4, -0.2) is 4.98 Å². The molecule has 0 radical (unpaired) electrons. The predicted octanol–water partition coefficient (Wildman–Crippen LogP) is 2.39. The molecular formula is C10H8FNO2. The minimum atomic E-state index is -0.379. The molecule has 0 saturated carbocycles. The van der Waals surface area contributed by atoms with E-state index in [0.29, 0.717) is 5.69 Å². The van der Waals surface area contributed by atoms with Gasteiger partial charge in [-0.25, -0.2) is 9.37 Å². The standard InChI is InChI=1S/C10H8FNO2/c11-9-3-1-2-4-10(9)14-6-8-5-13-7-12-8/h1-5,7H,6H2. The number of hydrogen-bond acceptors (Lipinski definition) is 3. The molecule has 1 aromatic carbocycles. The fourth-order valence-electron chi connectivity index (χ4n) is 1.02. The Labute approximate surface area is 80.1 Å². The van der Waals surface area contributed by atoms with Crippen molar-refractivity contribution in [1.29, 1.82) is 0 Å². The van der Waals surface area contributed by atoms with Crippen molar-refractivity contribution < 1.29 is 13.5 Å². The highest BCUT2D eigenvalue weighted by Crippen LogP contribution is 2.16. The van der Waals surface area contributed by atoms with Crippen LogP contribution in [0, 0.1) is 5.82 Å². The van der Waals surface area contributed by atoms with Gasteiger partial charge in [0, 0.05) is 0 Å². The number of benzene rings is 1. The molecule has 2 rings (SSSR count). The fourth-order valence-corrected chi connectivity index (χ4v) is 1.02. The molecule has 0 bridgehead atoms. The van der Waals surface area contributed by atoms with Crippen LogP contribution in [0.1, 0.15) is 5.69 Å². The van der Waals surface area contributed by atoms with Crippen molar-refractivity contribution in [2.75, 3.05) is 0 Å². The van der Waals surface area contributed by atoms with Crippen LogP contribution in [0.3, 0.4) is 0 Å². The molecule has 14 heavy (non-hydrogen) atoms. The second-order valence-corrected chi connectivity index (χ2v) is 2.70. The summed E-state index contributed by atoms with van der Waals surface area (Å²) in [5, 5.41) is 0. The van der Waals surface area contributed by atoms with Gasteiger partial charge in [-0.3, -0.25) is 0 Å². The Morgan fingerprint density at radius 3 is 2.93 bits per heavy atom. The zero-order valence-electron chi connectivity index (χ0n) is 7.31. The summed E-state index contributed by atoms with van der Waals surface area (Å²) in [6.45, 7) is 0.206. The molecule has 0 aliphatic carbocycles. The van der Waals surface area contributed by atoms with Crippen LogP contribution in [-0.2, 0) is 6.61 Å². The smallest absolute Gasteiger partial charge is 0.180 e. The summed E-state index contributed by atoms with van der Waals surface area (Å²) in [6.07, 6.45) is 2.76. The Kier molecular flexibility index (Phi) is 2.44. The quantitative estimate of drug-likeness (QED) is 0.750. The Bertz CT molecular complexity index is 400. The van der Waals surface area contributed by atoms with E-state index in [9.17, 15) is 4.39 Å². The van der Waals surface area contributed by atoms with E-state index in [-0.39, 0.29) is 18.2 Å². The third-order valence-electron chi connectivity index (χ3n) is 1.70. The lowest BCUT2D eigenvalue weighted by molar-refractivity contribution is 0.285. The first-order valence-corrected chi connectivity index (χ1v) is 4.10. The minimum Gasteiger partial charge on any atom is -0.484 e. The van der Waals surface area contributed by atoms with Crippen LogP contribution in [0.25, 0.3) is 0 Å². The molecule has 0 saturated heterocycles. The lowest BCUT2D eigenvalue weighted by Crippen LogP contribution is -1.96. The summed E-state index contributed by atoms with van der Waals surface area (Å²) in [4.78, 5) is 3.85. The Morgan fingerprint density at radius 2 is 2.21 bits per heavy atom. The average molecular weight is 193 g/mol. The molecule has 0 aliphatic rings. The van der Waals surface area contributed by atoms with E-state index in [1.54, 1.807) is 18.2 Å². The third-order valence-corrected chi connectivity index (χ3v) is 1.70. The van der Waals surface area contributed by atoms with Crippen molar-refractivity contribution in [3.63, 3.8) is 0 Å². The van der Waals surface area contributed by atoms with Gasteiger partial charge in [0.05, 0.1) is 0 Å². The molecule has 1 heterocycles. The first-order chi connectivity index (χ1) is 6.86. The van der Waals surface area contributed by atoms with Gasteiger partial charge in [0.15, 0.2) is 18.0 Å². The molecule has 1 aromatic heterocycles. The van der Waals surface area contributed by atoms with E-state index in [0.717, 1.165) is 0 Å². The average Bonchev–Trinajstić information content (AvgIpc) is 2.69. The zero-order valence-corrected chi connectivity index (χ0v) is 7.31. The van der Waals surface area contributed by atoms with Gasteiger partial charge in [0.25, 0.3) is 0 Å². The molecular weight excluding hydrogens is 185 g/mol. The molecule has 4 heteroatoms. The van der Waals surface area contributed by atoms with Gasteiger partial charge in [-0.1, -0.05) is 12.1 Å². The maximum atomic E-state index is 13.0. The number of aromatic nitrogens is 1. The van der Waals surface area contributed by atoms with Crippen molar-refractivity contribution in [1.82, 2.24) is 4.98 Å². The topological polar surface area (TPSA) is 35.3 Å². The van der Waals surface area contributed by atoms with Crippen molar-refractivity contribution in [2.45, 2.75) is 6.61 Å². The van der Waals surface area contributed by atoms with Crippen LogP contribution in [0.15, 0.2) is 41.3 Å². The molecule has 2 aromatic rings. The SMILES string of the molecule is Fc1ccccc1OCc1cocn1. The van der Waals surface area contributed by atoms with Gasteiger partial charge in [0.1, 0.15) is 18.6 Å². The van der Waals surface area contributed by atoms with Crippen molar-refractivity contribution in [2.24, 2.45) is 0 Å². The number of para-hydroxylation sites is 1. The number of ether oxygens (including phenoxy) is 1. The largest absolute Gasteiger partial charge is 0.484 e. The third kappa shape index (κ3) is 1.90. The summed E-state index contributed by atoms with van der Waals surface area (Å²) in [7, 11) is 0. The van der Waals surface area contributed by atoms with E-state index >= 15 is 0 Å². The summed E-state index contributed by atoms with van der Waals surface area (Å²) < 4.78 is 23.0. The molecule has 0 N–H and O–H groups in total. The first kappa shape index (κ1) is 8.74. The number of nitrogens with zero attached hydrogens (tertiary/aromatic N) is 1. The summed E-state index contributed by atoms with van der Waals surface area (Å²) in [6, 6.07) is 6.23. The summed E-state index contributed by atoms with van der Waals surface area (Å²) >= 11 is 0. The Morgan fingerprint density at radius 1 is 1.36 bits per heavy atom. The van der Waals surface area contributed by atoms with Gasteiger partial charge in [-0.05, 0) is 12.1 Å². The number of oxazole rings is 1. The molecule has 72 valence electrons. The van der Waals surface area contributed by atoms with Gasteiger partial charge < -0.3 is 9.15 Å². The maximum absolute atomic E-state index is 13.0. The molecule has 0 spiro atoms. The van der Waals surface area contributed by atoms with E-state index in [2.05, 4.69) is 4.98 Å². The van der Waals surface area contributed by atoms with Crippen LogP contribution in [0.2, 0.25) is 0 Å². The normalized spacial score (nSPS) is 10.1. The monoisotopic (exact) mass is 193 g/mol. The Balaban J connectivity index is 2.02. The van der Waals surface area contributed by atoms with Crippen LogP contribution < -0.4 is 4.74 Å². The number of hydrogen-bond donors (Lipinski definition) is 0. The molecule has 0 aliphatic heterocycles. The summed E-state index contributed by atoms with van der Waals surface area (Å²) in [5.41, 5.74) is 0.633. The van der Waals surface area contributed by atoms with Crippen molar-refractivity contribution >= 4 is 0 Å². The van der Waals surface area contributed by atoms with Crippen LogP contribution >= 0.6 is 0 Å². The predicted molar refractivity (Wildman–Crippen MR) is 47.2 cm³/mol. The van der Waals surface area contributed by atoms with Crippen molar-refractivity contribution in [3.05, 3.63) is 48.4 Å². The molecule has 3 nitrogen and oxygen atoms in total. The minimum absolute atomic E-state index is 0.206. The molecule has 0 fully saturated rings. The number of rotatable bonds is 3. The Hall–Kier alpha value is -1.84. The second kappa shape index (κ2) is 3.91. The van der Waals surface area contributed by atoms with E-state index in [1.165, 1.54) is 18.7 Å². The van der Waals surface area contributed by atoms with E-state index in [4.69, 9.17) is 9.15 Å². The van der Waals surface area contributed by atoms with Gasteiger partial charge in [-0.2, -0.15) is 0 Å². The summed E-state index contributed by atoms with van der Waals surface area (Å²) in [5.74, 6) is -0.161. The van der Waals surface area contributed by atoms with Crippen LogP contribution in [0.5, 0.6) is 5.75 Å². The van der Waals surface area contributed by atoms with Gasteiger partial charge in [-0.15, -0.1) is 0 Å². The van der Waals surface area contributed by atoms with Gasteiger partial charge in [0.2, 0.25) is 0 Å². The lowest BCUT2D eigenvalue weighted by atomic mass is 10.3. The fraction of sp³-hybridized carbons (Fsp3) is 0.100. The van der Waals surface area contributed by atoms with E-state index in [1.807, 2.05) is 0 Å². The highest BCUT2D eigenvalue weighted by molar-refractivity contribution is 5.23. The highest BCUT2D eigenvalue weighted by Gasteiger charge is 2.02. The van der Waals surface area contributed by atoms with Crippen molar-refractivity contribution in [3.8, 4) is 5.75 Å². The maximum Gasteiger partial charge on any atom is 0.180 e. The molecule has 0 amide bonds. The lowest BCUT2D eigenvalue weighted by Gasteiger charge is -2.03. The van der Waals surface area contributed by atoms with Crippen LogP contribution in [0.4, 0.5) is 4.39 Å². The zero-order chi connectivity index (χ0) is 9.80. The van der Waals surface area contributed by atoms with E-state index < -0.39 is 0 Å². The molecule has 0 unspecified atom stereocenters. The molecule has 0 atom stereocenters. The second-order valence-electron chi connectivity index (χ2n) is 2.70. The highest BCUT2D eigenvalue weighted by atomic mass is 19.1.